The van der Waals surface area contributed by atoms with Crippen LogP contribution in [0.1, 0.15) is 0 Å². The minimum absolute atomic E-state index is 0.248. The lowest BCUT2D eigenvalue weighted by molar-refractivity contribution is 0.344. The summed E-state index contributed by atoms with van der Waals surface area (Å²) in [5, 5.41) is 9.15. The molecule has 2 aromatic heterocycles. The van der Waals surface area contributed by atoms with E-state index >= 15 is 0 Å². The molecule has 0 radical (unpaired) electrons. The van der Waals surface area contributed by atoms with Crippen LogP contribution >= 0.6 is 22.9 Å². The van der Waals surface area contributed by atoms with Crippen molar-refractivity contribution in [2.24, 2.45) is 0 Å². The summed E-state index contributed by atoms with van der Waals surface area (Å²) in [5.41, 5.74) is 2.01. The van der Waals surface area contributed by atoms with E-state index in [-0.39, 0.29) is 11.0 Å². The van der Waals surface area contributed by atoms with Crippen molar-refractivity contribution in [2.75, 3.05) is 0 Å². The van der Waals surface area contributed by atoms with Gasteiger partial charge < -0.3 is 9.52 Å². The van der Waals surface area contributed by atoms with E-state index in [9.17, 15) is 0 Å². The highest BCUT2D eigenvalue weighted by molar-refractivity contribution is 7.17. The average molecular weight is 176 g/mol. The Labute approximate surface area is 64.9 Å². The SMILES string of the molecule is Oc1oc2ncsc2c1Cl. The molecule has 0 saturated heterocycles. The quantitative estimate of drug-likeness (QED) is 0.668. The molecule has 0 unspecified atom stereocenters. The van der Waals surface area contributed by atoms with Gasteiger partial charge in [-0.05, 0) is 0 Å². The maximum atomic E-state index is 8.90. The normalized spacial score (nSPS) is 10.9. The summed E-state index contributed by atoms with van der Waals surface area (Å²) in [5.74, 6) is -0.254. The van der Waals surface area contributed by atoms with Crippen molar-refractivity contribution in [3.8, 4) is 5.95 Å². The van der Waals surface area contributed by atoms with E-state index in [0.29, 0.717) is 10.4 Å². The van der Waals surface area contributed by atoms with Crippen molar-refractivity contribution in [3.05, 3.63) is 10.5 Å². The number of hydrogen-bond acceptors (Lipinski definition) is 4. The van der Waals surface area contributed by atoms with Crippen molar-refractivity contribution in [1.29, 1.82) is 0 Å². The van der Waals surface area contributed by atoms with E-state index < -0.39 is 0 Å². The molecular formula is C5H2ClNO2S. The topological polar surface area (TPSA) is 46.3 Å². The van der Waals surface area contributed by atoms with Gasteiger partial charge in [-0.25, -0.2) is 4.98 Å². The van der Waals surface area contributed by atoms with Crippen LogP contribution in [0.3, 0.4) is 0 Å². The van der Waals surface area contributed by atoms with Crippen LogP contribution in [0.5, 0.6) is 5.95 Å². The Kier molecular flexibility index (Phi) is 1.12. The van der Waals surface area contributed by atoms with Gasteiger partial charge in [0.25, 0.3) is 0 Å². The minimum atomic E-state index is -0.254. The summed E-state index contributed by atoms with van der Waals surface area (Å²) in [4.78, 5) is 3.81. The van der Waals surface area contributed by atoms with Gasteiger partial charge in [-0.1, -0.05) is 11.6 Å². The first kappa shape index (κ1) is 6.00. The van der Waals surface area contributed by atoms with Gasteiger partial charge in [0.05, 0.1) is 5.51 Å². The van der Waals surface area contributed by atoms with Crippen LogP contribution in [0.25, 0.3) is 10.4 Å². The third kappa shape index (κ3) is 0.629. The molecule has 0 aromatic carbocycles. The average Bonchev–Trinajstić information content (AvgIpc) is 2.41. The number of fused-ring (bicyclic) bond motifs is 1. The van der Waals surface area contributed by atoms with Crippen LogP contribution in [0, 0.1) is 0 Å². The molecule has 0 aliphatic rings. The Bertz CT molecular complexity index is 366. The maximum absolute atomic E-state index is 8.90. The molecule has 0 bridgehead atoms. The number of rotatable bonds is 0. The van der Waals surface area contributed by atoms with Crippen LogP contribution in [0.15, 0.2) is 9.93 Å². The number of aromatic nitrogens is 1. The number of thiazole rings is 1. The Morgan fingerprint density at radius 2 is 2.50 bits per heavy atom. The Balaban J connectivity index is 2.95. The van der Waals surface area contributed by atoms with Gasteiger partial charge in [0.2, 0.25) is 5.71 Å². The van der Waals surface area contributed by atoms with Gasteiger partial charge in [0.1, 0.15) is 9.72 Å². The van der Waals surface area contributed by atoms with E-state index in [4.69, 9.17) is 21.1 Å². The summed E-state index contributed by atoms with van der Waals surface area (Å²) >= 11 is 6.95. The van der Waals surface area contributed by atoms with E-state index in [0.717, 1.165) is 0 Å². The lowest BCUT2D eigenvalue weighted by Gasteiger charge is -1.77. The molecule has 0 aliphatic carbocycles. The third-order valence-electron chi connectivity index (χ3n) is 1.12. The fourth-order valence-electron chi connectivity index (χ4n) is 0.688. The molecule has 0 spiro atoms. The highest BCUT2D eigenvalue weighted by atomic mass is 35.5. The van der Waals surface area contributed by atoms with Crippen molar-refractivity contribution in [1.82, 2.24) is 4.98 Å². The zero-order chi connectivity index (χ0) is 7.14. The summed E-state index contributed by atoms with van der Waals surface area (Å²) < 4.78 is 5.46. The third-order valence-corrected chi connectivity index (χ3v) is 2.40. The molecule has 0 amide bonds. The second-order valence-electron chi connectivity index (χ2n) is 1.71. The van der Waals surface area contributed by atoms with Gasteiger partial charge in [0.15, 0.2) is 0 Å². The maximum Gasteiger partial charge on any atom is 0.304 e. The molecule has 1 N–H and O–H groups in total. The predicted octanol–water partition coefficient (Wildman–Crippen LogP) is 2.25. The molecule has 5 heteroatoms. The van der Waals surface area contributed by atoms with Crippen molar-refractivity contribution < 1.29 is 9.52 Å². The van der Waals surface area contributed by atoms with Crippen LogP contribution < -0.4 is 0 Å². The molecule has 2 aromatic rings. The Hall–Kier alpha value is -0.740. The molecule has 0 saturated carbocycles. The summed E-state index contributed by atoms with van der Waals surface area (Å²) in [6.45, 7) is 0. The molecule has 0 atom stereocenters. The minimum Gasteiger partial charge on any atom is -0.480 e. The highest BCUT2D eigenvalue weighted by Crippen LogP contribution is 2.36. The van der Waals surface area contributed by atoms with E-state index in [2.05, 4.69) is 4.98 Å². The van der Waals surface area contributed by atoms with Crippen molar-refractivity contribution >= 4 is 33.4 Å². The van der Waals surface area contributed by atoms with Gasteiger partial charge in [0, 0.05) is 0 Å². The van der Waals surface area contributed by atoms with Crippen molar-refractivity contribution in [2.45, 2.75) is 0 Å². The summed E-state index contributed by atoms with van der Waals surface area (Å²) in [7, 11) is 0. The molecule has 52 valence electrons. The van der Waals surface area contributed by atoms with Gasteiger partial charge in [-0.15, -0.1) is 11.3 Å². The van der Waals surface area contributed by atoms with Gasteiger partial charge >= 0.3 is 5.95 Å². The van der Waals surface area contributed by atoms with Gasteiger partial charge in [-0.2, -0.15) is 0 Å². The number of nitrogens with zero attached hydrogens (tertiary/aromatic N) is 1. The Morgan fingerprint density at radius 1 is 1.70 bits per heavy atom. The van der Waals surface area contributed by atoms with E-state index in [1.54, 1.807) is 5.51 Å². The van der Waals surface area contributed by atoms with E-state index in [1.807, 2.05) is 0 Å². The lowest BCUT2D eigenvalue weighted by atomic mass is 10.6. The zero-order valence-corrected chi connectivity index (χ0v) is 6.24. The molecule has 2 rings (SSSR count). The summed E-state index contributed by atoms with van der Waals surface area (Å²) in [6, 6.07) is 0. The number of furan rings is 1. The number of halogens is 1. The lowest BCUT2D eigenvalue weighted by Crippen LogP contribution is -1.52. The molecule has 2 heterocycles. The van der Waals surface area contributed by atoms with Crippen LogP contribution in [0.4, 0.5) is 0 Å². The van der Waals surface area contributed by atoms with E-state index in [1.165, 1.54) is 11.3 Å². The highest BCUT2D eigenvalue weighted by Gasteiger charge is 2.12. The summed E-state index contributed by atoms with van der Waals surface area (Å²) in [6.07, 6.45) is 0. The molecule has 0 aliphatic heterocycles. The Morgan fingerprint density at radius 3 is 3.20 bits per heavy atom. The first-order chi connectivity index (χ1) is 4.79. The first-order valence-electron chi connectivity index (χ1n) is 2.49. The standard InChI is InChI=1S/C5H2ClNO2S/c6-2-3-4(7-1-10-3)9-5(2)8/h1,8H. The fourth-order valence-corrected chi connectivity index (χ4v) is 1.58. The van der Waals surface area contributed by atoms with Crippen molar-refractivity contribution in [3.63, 3.8) is 0 Å². The molecule has 3 nitrogen and oxygen atoms in total. The fraction of sp³-hybridized carbons (Fsp3) is 0. The number of aromatic hydroxyl groups is 1. The molecular weight excluding hydrogens is 174 g/mol. The zero-order valence-electron chi connectivity index (χ0n) is 4.67. The number of hydrogen-bond donors (Lipinski definition) is 1. The van der Waals surface area contributed by atoms with Crippen LogP contribution in [-0.4, -0.2) is 10.1 Å². The second-order valence-corrected chi connectivity index (χ2v) is 2.94. The first-order valence-corrected chi connectivity index (χ1v) is 3.75. The second kappa shape index (κ2) is 1.87. The predicted molar refractivity (Wildman–Crippen MR) is 38.6 cm³/mol. The monoisotopic (exact) mass is 175 g/mol. The molecule has 10 heavy (non-hydrogen) atoms. The molecule has 0 fully saturated rings. The van der Waals surface area contributed by atoms with Crippen LogP contribution in [-0.2, 0) is 0 Å². The van der Waals surface area contributed by atoms with Gasteiger partial charge in [-0.3, -0.25) is 0 Å². The smallest absolute Gasteiger partial charge is 0.304 e. The largest absolute Gasteiger partial charge is 0.480 e. The van der Waals surface area contributed by atoms with Crippen LogP contribution in [0.2, 0.25) is 5.02 Å².